The Kier molecular flexibility index (Phi) is 4.64. The maximum atomic E-state index is 12.7. The minimum atomic E-state index is -0.393. The summed E-state index contributed by atoms with van der Waals surface area (Å²) < 4.78 is 0. The zero-order valence-electron chi connectivity index (χ0n) is 14.6. The van der Waals surface area contributed by atoms with Crippen molar-refractivity contribution in [3.05, 3.63) is 23.8 Å². The molecule has 130 valence electrons. The molecule has 2 N–H and O–H groups in total. The summed E-state index contributed by atoms with van der Waals surface area (Å²) in [5.74, 6) is 0.293. The van der Waals surface area contributed by atoms with Crippen molar-refractivity contribution in [2.45, 2.75) is 32.7 Å². The van der Waals surface area contributed by atoms with E-state index in [-0.39, 0.29) is 11.9 Å². The summed E-state index contributed by atoms with van der Waals surface area (Å²) in [5, 5.41) is 5.82. The monoisotopic (exact) mass is 330 g/mol. The number of hydrogen-bond donors (Lipinski definition) is 2. The fourth-order valence-corrected chi connectivity index (χ4v) is 3.45. The molecular weight excluding hydrogens is 304 g/mol. The van der Waals surface area contributed by atoms with Crippen LogP contribution in [0.5, 0.6) is 0 Å². The molecule has 2 heterocycles. The Morgan fingerprint density at radius 3 is 2.92 bits per heavy atom. The van der Waals surface area contributed by atoms with Crippen LogP contribution in [0.2, 0.25) is 0 Å². The van der Waals surface area contributed by atoms with E-state index in [1.54, 1.807) is 4.90 Å². The van der Waals surface area contributed by atoms with Crippen LogP contribution in [-0.2, 0) is 11.2 Å². The van der Waals surface area contributed by atoms with Gasteiger partial charge in [0.05, 0.1) is 0 Å². The van der Waals surface area contributed by atoms with Crippen molar-refractivity contribution in [1.82, 2.24) is 10.2 Å². The average Bonchev–Trinajstić information content (AvgIpc) is 2.90. The number of carbonyl (C=O) groups is 2. The minimum absolute atomic E-state index is 0.0567. The van der Waals surface area contributed by atoms with Crippen molar-refractivity contribution in [2.75, 3.05) is 36.9 Å². The van der Waals surface area contributed by atoms with E-state index in [1.807, 2.05) is 12.1 Å². The van der Waals surface area contributed by atoms with E-state index in [0.29, 0.717) is 25.4 Å². The van der Waals surface area contributed by atoms with Gasteiger partial charge < -0.3 is 20.4 Å². The lowest BCUT2D eigenvalue weighted by Gasteiger charge is -2.35. The second-order valence-corrected chi connectivity index (χ2v) is 7.07. The summed E-state index contributed by atoms with van der Waals surface area (Å²) in [6.45, 7) is 6.19. The van der Waals surface area contributed by atoms with Crippen LogP contribution in [0.4, 0.5) is 16.2 Å². The number of rotatable bonds is 3. The SMILES string of the molecule is CC(C)C[C@@H]1C(=O)NCCN1C(=O)Nc1ccc2c(c1)N(C)CC2. The molecule has 0 bridgehead atoms. The van der Waals surface area contributed by atoms with Gasteiger partial charge in [0.25, 0.3) is 0 Å². The molecule has 24 heavy (non-hydrogen) atoms. The predicted molar refractivity (Wildman–Crippen MR) is 95.4 cm³/mol. The van der Waals surface area contributed by atoms with Gasteiger partial charge in [-0.25, -0.2) is 4.79 Å². The number of likely N-dealkylation sites (N-methyl/N-ethyl adjacent to an activating group) is 1. The Morgan fingerprint density at radius 1 is 1.38 bits per heavy atom. The summed E-state index contributed by atoms with van der Waals surface area (Å²) in [4.78, 5) is 28.7. The molecule has 1 aromatic rings. The second kappa shape index (κ2) is 6.71. The topological polar surface area (TPSA) is 64.7 Å². The number of fused-ring (bicyclic) bond motifs is 1. The van der Waals surface area contributed by atoms with Crippen molar-refractivity contribution in [3.63, 3.8) is 0 Å². The van der Waals surface area contributed by atoms with Crippen molar-refractivity contribution in [1.29, 1.82) is 0 Å². The lowest BCUT2D eigenvalue weighted by Crippen LogP contribution is -2.58. The van der Waals surface area contributed by atoms with Gasteiger partial charge >= 0.3 is 6.03 Å². The van der Waals surface area contributed by atoms with Crippen molar-refractivity contribution < 1.29 is 9.59 Å². The van der Waals surface area contributed by atoms with E-state index < -0.39 is 6.04 Å². The molecule has 2 aliphatic heterocycles. The first kappa shape index (κ1) is 16.6. The number of hydrogen-bond acceptors (Lipinski definition) is 3. The second-order valence-electron chi connectivity index (χ2n) is 7.07. The van der Waals surface area contributed by atoms with Gasteiger partial charge in [-0.15, -0.1) is 0 Å². The molecule has 2 aliphatic rings. The summed E-state index contributed by atoms with van der Waals surface area (Å²) in [6, 6.07) is 5.44. The molecule has 3 amide bonds. The van der Waals surface area contributed by atoms with E-state index >= 15 is 0 Å². The van der Waals surface area contributed by atoms with Crippen molar-refractivity contribution >= 4 is 23.3 Å². The van der Waals surface area contributed by atoms with Crippen LogP contribution in [-0.4, -0.2) is 49.6 Å². The first-order valence-electron chi connectivity index (χ1n) is 8.65. The van der Waals surface area contributed by atoms with Gasteiger partial charge in [0.2, 0.25) is 5.91 Å². The van der Waals surface area contributed by atoms with Crippen LogP contribution in [0.1, 0.15) is 25.8 Å². The van der Waals surface area contributed by atoms with E-state index in [9.17, 15) is 9.59 Å². The highest BCUT2D eigenvalue weighted by Gasteiger charge is 2.33. The number of nitrogens with one attached hydrogen (secondary N) is 2. The molecule has 0 aliphatic carbocycles. The summed E-state index contributed by atoms with van der Waals surface area (Å²) in [5.41, 5.74) is 3.26. The molecule has 0 aromatic heterocycles. The number of anilines is 2. The van der Waals surface area contributed by atoms with Gasteiger partial charge in [0.1, 0.15) is 6.04 Å². The summed E-state index contributed by atoms with van der Waals surface area (Å²) in [6.07, 6.45) is 1.72. The molecule has 6 heteroatoms. The zero-order chi connectivity index (χ0) is 17.3. The molecular formula is C18H26N4O2. The first-order valence-corrected chi connectivity index (χ1v) is 8.65. The number of nitrogens with zero attached hydrogens (tertiary/aromatic N) is 2. The van der Waals surface area contributed by atoms with E-state index in [0.717, 1.165) is 18.7 Å². The zero-order valence-corrected chi connectivity index (χ0v) is 14.6. The third kappa shape index (κ3) is 3.32. The highest BCUT2D eigenvalue weighted by atomic mass is 16.2. The molecule has 1 fully saturated rings. The van der Waals surface area contributed by atoms with Crippen LogP contribution in [0.3, 0.4) is 0 Å². The van der Waals surface area contributed by atoms with Crippen LogP contribution in [0.25, 0.3) is 0 Å². The Hall–Kier alpha value is -2.24. The number of urea groups is 1. The largest absolute Gasteiger partial charge is 0.374 e. The van der Waals surface area contributed by atoms with Crippen molar-refractivity contribution in [3.8, 4) is 0 Å². The number of amides is 3. The van der Waals surface area contributed by atoms with E-state index in [1.165, 1.54) is 11.3 Å². The van der Waals surface area contributed by atoms with Gasteiger partial charge in [-0.3, -0.25) is 4.79 Å². The van der Waals surface area contributed by atoms with Crippen LogP contribution < -0.4 is 15.5 Å². The van der Waals surface area contributed by atoms with Crippen molar-refractivity contribution in [2.24, 2.45) is 5.92 Å². The lowest BCUT2D eigenvalue weighted by molar-refractivity contribution is -0.128. The molecule has 3 rings (SSSR count). The number of carbonyl (C=O) groups excluding carboxylic acids is 2. The molecule has 1 atom stereocenters. The maximum absolute atomic E-state index is 12.7. The smallest absolute Gasteiger partial charge is 0.322 e. The summed E-state index contributed by atoms with van der Waals surface area (Å²) >= 11 is 0. The lowest BCUT2D eigenvalue weighted by atomic mass is 10.0. The first-order chi connectivity index (χ1) is 11.5. The fourth-order valence-electron chi connectivity index (χ4n) is 3.45. The average molecular weight is 330 g/mol. The highest BCUT2D eigenvalue weighted by Crippen LogP contribution is 2.29. The Balaban J connectivity index is 1.73. The van der Waals surface area contributed by atoms with Gasteiger partial charge in [0.15, 0.2) is 0 Å². The predicted octanol–water partition coefficient (Wildman–Crippen LogP) is 2.06. The quantitative estimate of drug-likeness (QED) is 0.891. The van der Waals surface area contributed by atoms with E-state index in [4.69, 9.17) is 0 Å². The highest BCUT2D eigenvalue weighted by molar-refractivity contribution is 5.95. The van der Waals surface area contributed by atoms with E-state index in [2.05, 4.69) is 42.5 Å². The molecule has 1 saturated heterocycles. The Morgan fingerprint density at radius 2 is 2.17 bits per heavy atom. The van der Waals surface area contributed by atoms with Gasteiger partial charge in [-0.2, -0.15) is 0 Å². The molecule has 0 unspecified atom stereocenters. The third-order valence-electron chi connectivity index (χ3n) is 4.75. The number of benzene rings is 1. The molecule has 6 nitrogen and oxygen atoms in total. The third-order valence-corrected chi connectivity index (χ3v) is 4.75. The molecule has 1 aromatic carbocycles. The Labute approximate surface area is 143 Å². The van der Waals surface area contributed by atoms with Crippen LogP contribution >= 0.6 is 0 Å². The molecule has 0 saturated carbocycles. The van der Waals surface area contributed by atoms with Gasteiger partial charge in [-0.05, 0) is 36.5 Å². The van der Waals surface area contributed by atoms with Gasteiger partial charge in [-0.1, -0.05) is 19.9 Å². The minimum Gasteiger partial charge on any atom is -0.374 e. The standard InChI is InChI=1S/C18H26N4O2/c1-12(2)10-16-17(23)19-7-9-22(16)18(24)20-14-5-4-13-6-8-21(3)15(13)11-14/h4-5,11-12,16H,6-10H2,1-3H3,(H,19,23)(H,20,24)/t16-/m1/s1. The van der Waals surface area contributed by atoms with Crippen LogP contribution in [0, 0.1) is 5.92 Å². The summed E-state index contributed by atoms with van der Waals surface area (Å²) in [7, 11) is 2.06. The normalized spacial score (nSPS) is 20.2. The molecule has 0 radical (unpaired) electrons. The van der Waals surface area contributed by atoms with Gasteiger partial charge in [0, 0.05) is 38.1 Å². The fraction of sp³-hybridized carbons (Fsp3) is 0.556. The number of piperazine rings is 1. The Bertz CT molecular complexity index is 644. The maximum Gasteiger partial charge on any atom is 0.322 e. The van der Waals surface area contributed by atoms with Crippen LogP contribution in [0.15, 0.2) is 18.2 Å². The molecule has 0 spiro atoms.